The fourth-order valence-electron chi connectivity index (χ4n) is 0.969. The molecule has 14 heavy (non-hydrogen) atoms. The van der Waals surface area contributed by atoms with Crippen LogP contribution in [0.3, 0.4) is 0 Å². The van der Waals surface area contributed by atoms with Gasteiger partial charge in [0.2, 0.25) is 0 Å². The molecule has 0 saturated heterocycles. The fraction of sp³-hybridized carbons (Fsp3) is 0.100. The van der Waals surface area contributed by atoms with Crippen LogP contribution in [-0.4, -0.2) is 6.29 Å². The van der Waals surface area contributed by atoms with Crippen molar-refractivity contribution >= 4 is 12.4 Å². The van der Waals surface area contributed by atoms with E-state index in [-0.39, 0.29) is 0 Å². The molecule has 1 nitrogen and oxygen atoms in total. The first-order valence-corrected chi connectivity index (χ1v) is 3.83. The molecule has 0 radical (unpaired) electrons. The SMILES string of the molecule is O=C/C=C/c1cccc(C(F)(F)F)c1. The topological polar surface area (TPSA) is 17.1 Å². The van der Waals surface area contributed by atoms with Gasteiger partial charge in [0.15, 0.2) is 0 Å². The zero-order valence-electron chi connectivity index (χ0n) is 7.08. The molecule has 74 valence electrons. The molecule has 0 atom stereocenters. The number of hydrogen-bond donors (Lipinski definition) is 0. The fourth-order valence-corrected chi connectivity index (χ4v) is 0.969. The van der Waals surface area contributed by atoms with Gasteiger partial charge in [0.05, 0.1) is 5.56 Å². The van der Waals surface area contributed by atoms with Crippen molar-refractivity contribution < 1.29 is 18.0 Å². The molecule has 0 aliphatic rings. The van der Waals surface area contributed by atoms with Crippen LogP contribution in [0.25, 0.3) is 6.08 Å². The first-order valence-electron chi connectivity index (χ1n) is 3.83. The van der Waals surface area contributed by atoms with Crippen LogP contribution in [0.1, 0.15) is 11.1 Å². The van der Waals surface area contributed by atoms with Gasteiger partial charge >= 0.3 is 6.18 Å². The third kappa shape index (κ3) is 2.73. The van der Waals surface area contributed by atoms with E-state index in [2.05, 4.69) is 0 Å². The summed E-state index contributed by atoms with van der Waals surface area (Å²) in [6.07, 6.45) is -1.36. The number of carbonyl (C=O) groups excluding carboxylic acids is 1. The van der Waals surface area contributed by atoms with Crippen molar-refractivity contribution in [2.75, 3.05) is 0 Å². The largest absolute Gasteiger partial charge is 0.416 e. The highest BCUT2D eigenvalue weighted by Gasteiger charge is 2.30. The third-order valence-electron chi connectivity index (χ3n) is 1.58. The molecule has 1 aromatic rings. The summed E-state index contributed by atoms with van der Waals surface area (Å²) in [7, 11) is 0. The van der Waals surface area contributed by atoms with Crippen LogP contribution in [0.4, 0.5) is 13.2 Å². The van der Waals surface area contributed by atoms with Crippen molar-refractivity contribution in [3.8, 4) is 0 Å². The normalized spacial score (nSPS) is 11.9. The van der Waals surface area contributed by atoms with Crippen LogP contribution < -0.4 is 0 Å². The molecule has 1 rings (SSSR count). The van der Waals surface area contributed by atoms with Crippen LogP contribution in [-0.2, 0) is 11.0 Å². The summed E-state index contributed by atoms with van der Waals surface area (Å²) < 4.78 is 36.6. The Hall–Kier alpha value is -1.58. The van der Waals surface area contributed by atoms with E-state index >= 15 is 0 Å². The summed E-state index contributed by atoms with van der Waals surface area (Å²) >= 11 is 0. The Bertz CT molecular complexity index is 353. The van der Waals surface area contributed by atoms with Crippen molar-refractivity contribution in [2.45, 2.75) is 6.18 Å². The van der Waals surface area contributed by atoms with Gasteiger partial charge in [-0.2, -0.15) is 13.2 Å². The van der Waals surface area contributed by atoms with E-state index in [0.29, 0.717) is 11.8 Å². The molecule has 4 heteroatoms. The van der Waals surface area contributed by atoms with Crippen molar-refractivity contribution in [3.63, 3.8) is 0 Å². The summed E-state index contributed by atoms with van der Waals surface area (Å²) in [5.41, 5.74) is -0.363. The van der Waals surface area contributed by atoms with Crippen LogP contribution >= 0.6 is 0 Å². The van der Waals surface area contributed by atoms with Gasteiger partial charge in [0.1, 0.15) is 6.29 Å². The Kier molecular flexibility index (Phi) is 3.06. The van der Waals surface area contributed by atoms with Crippen molar-refractivity contribution in [2.24, 2.45) is 0 Å². The van der Waals surface area contributed by atoms with Gasteiger partial charge in [-0.1, -0.05) is 18.2 Å². The maximum Gasteiger partial charge on any atom is 0.416 e. The second-order valence-corrected chi connectivity index (χ2v) is 2.62. The van der Waals surface area contributed by atoms with Crippen molar-refractivity contribution in [1.29, 1.82) is 0 Å². The lowest BCUT2D eigenvalue weighted by Gasteiger charge is -2.06. The number of alkyl halides is 3. The van der Waals surface area contributed by atoms with E-state index in [1.165, 1.54) is 18.2 Å². The molecule has 0 heterocycles. The standard InChI is InChI=1S/C10H7F3O/c11-10(12,13)9-5-1-3-8(7-9)4-2-6-14/h1-7H/b4-2+. The van der Waals surface area contributed by atoms with Crippen molar-refractivity contribution in [1.82, 2.24) is 0 Å². The smallest absolute Gasteiger partial charge is 0.299 e. The number of hydrogen-bond acceptors (Lipinski definition) is 1. The van der Waals surface area contributed by atoms with Gasteiger partial charge in [0, 0.05) is 0 Å². The lowest BCUT2D eigenvalue weighted by Crippen LogP contribution is -2.04. The molecule has 0 aromatic heterocycles. The van der Waals surface area contributed by atoms with Gasteiger partial charge < -0.3 is 0 Å². The number of rotatable bonds is 2. The predicted molar refractivity (Wildman–Crippen MR) is 46.5 cm³/mol. The Balaban J connectivity index is 3.01. The van der Waals surface area contributed by atoms with E-state index in [4.69, 9.17) is 0 Å². The maximum absolute atomic E-state index is 12.2. The zero-order valence-corrected chi connectivity index (χ0v) is 7.08. The summed E-state index contributed by atoms with van der Waals surface area (Å²) in [6.45, 7) is 0. The van der Waals surface area contributed by atoms with Gasteiger partial charge in [-0.3, -0.25) is 4.79 Å². The summed E-state index contributed by atoms with van der Waals surface area (Å²) in [6, 6.07) is 4.76. The van der Waals surface area contributed by atoms with E-state index < -0.39 is 11.7 Å². The molecule has 0 N–H and O–H groups in total. The Morgan fingerprint density at radius 1 is 1.21 bits per heavy atom. The molecule has 0 amide bonds. The van der Waals surface area contributed by atoms with E-state index in [1.807, 2.05) is 0 Å². The minimum absolute atomic E-state index is 0.354. The lowest BCUT2D eigenvalue weighted by atomic mass is 10.1. The highest BCUT2D eigenvalue weighted by Crippen LogP contribution is 2.29. The van der Waals surface area contributed by atoms with Gasteiger partial charge in [-0.25, -0.2) is 0 Å². The second-order valence-electron chi connectivity index (χ2n) is 2.62. The first-order chi connectivity index (χ1) is 6.54. The van der Waals surface area contributed by atoms with Gasteiger partial charge in [-0.05, 0) is 23.8 Å². The highest BCUT2D eigenvalue weighted by atomic mass is 19.4. The van der Waals surface area contributed by atoms with Crippen LogP contribution in [0, 0.1) is 0 Å². The number of halogens is 3. The Morgan fingerprint density at radius 2 is 1.93 bits per heavy atom. The summed E-state index contributed by atoms with van der Waals surface area (Å²) in [5, 5.41) is 0. The van der Waals surface area contributed by atoms with Crippen LogP contribution in [0.2, 0.25) is 0 Å². The average Bonchev–Trinajstić information content (AvgIpc) is 2.14. The van der Waals surface area contributed by atoms with Crippen molar-refractivity contribution in [3.05, 3.63) is 41.5 Å². The van der Waals surface area contributed by atoms with Crippen LogP contribution in [0.5, 0.6) is 0 Å². The number of benzene rings is 1. The van der Waals surface area contributed by atoms with E-state index in [9.17, 15) is 18.0 Å². The number of aldehydes is 1. The Morgan fingerprint density at radius 3 is 2.50 bits per heavy atom. The molecule has 0 aliphatic heterocycles. The van der Waals surface area contributed by atoms with Crippen LogP contribution in [0.15, 0.2) is 30.3 Å². The lowest BCUT2D eigenvalue weighted by molar-refractivity contribution is -0.137. The molecule has 0 bridgehead atoms. The third-order valence-corrected chi connectivity index (χ3v) is 1.58. The number of allylic oxidation sites excluding steroid dienone is 1. The minimum Gasteiger partial charge on any atom is -0.299 e. The molecular formula is C10H7F3O. The Labute approximate surface area is 78.9 Å². The predicted octanol–water partition coefficient (Wildman–Crippen LogP) is 2.92. The summed E-state index contributed by atoms with van der Waals surface area (Å²) in [4.78, 5) is 9.95. The monoisotopic (exact) mass is 200 g/mol. The van der Waals surface area contributed by atoms with E-state index in [1.54, 1.807) is 0 Å². The minimum atomic E-state index is -4.34. The zero-order chi connectivity index (χ0) is 10.6. The molecular weight excluding hydrogens is 193 g/mol. The maximum atomic E-state index is 12.2. The number of carbonyl (C=O) groups is 1. The molecule has 0 spiro atoms. The molecule has 1 aromatic carbocycles. The average molecular weight is 200 g/mol. The molecule has 0 aliphatic carbocycles. The molecule has 0 fully saturated rings. The molecule has 0 saturated carbocycles. The first kappa shape index (κ1) is 10.5. The van der Waals surface area contributed by atoms with Gasteiger partial charge in [-0.15, -0.1) is 0 Å². The second kappa shape index (κ2) is 4.09. The quantitative estimate of drug-likeness (QED) is 0.530. The highest BCUT2D eigenvalue weighted by molar-refractivity contribution is 5.73. The summed E-state index contributed by atoms with van der Waals surface area (Å²) in [5.74, 6) is 0. The van der Waals surface area contributed by atoms with E-state index in [0.717, 1.165) is 18.2 Å². The molecule has 0 unspecified atom stereocenters. The van der Waals surface area contributed by atoms with Gasteiger partial charge in [0.25, 0.3) is 0 Å².